The van der Waals surface area contributed by atoms with Gasteiger partial charge in [0.2, 0.25) is 0 Å². The molecular weight excluding hydrogens is 325 g/mol. The molecule has 1 fully saturated rings. The van der Waals surface area contributed by atoms with E-state index in [0.29, 0.717) is 5.56 Å². The van der Waals surface area contributed by atoms with E-state index in [1.165, 1.54) is 4.90 Å². The summed E-state index contributed by atoms with van der Waals surface area (Å²) in [6.45, 7) is 1.63. The summed E-state index contributed by atoms with van der Waals surface area (Å²) in [5.74, 6) is 0. The van der Waals surface area contributed by atoms with Crippen molar-refractivity contribution in [1.29, 1.82) is 0 Å². The fraction of sp³-hybridized carbons (Fsp3) is 0.562. The Bertz CT molecular complexity index is 539. The minimum atomic E-state index is -4.56. The maximum atomic E-state index is 13.3. The smallest absolute Gasteiger partial charge is 0.394 e. The van der Waals surface area contributed by atoms with Crippen molar-refractivity contribution in [1.82, 2.24) is 10.2 Å². The number of carbonyl (C=O) groups excluding carboxylic acids is 1. The zero-order valence-electron chi connectivity index (χ0n) is 13.3. The van der Waals surface area contributed by atoms with E-state index in [-0.39, 0.29) is 32.2 Å². The molecule has 1 aromatic rings. The summed E-state index contributed by atoms with van der Waals surface area (Å²) in [5, 5.41) is 11.2. The Morgan fingerprint density at radius 3 is 2.67 bits per heavy atom. The van der Waals surface area contributed by atoms with Gasteiger partial charge in [-0.1, -0.05) is 30.3 Å². The van der Waals surface area contributed by atoms with Crippen molar-refractivity contribution in [3.63, 3.8) is 0 Å². The van der Waals surface area contributed by atoms with Crippen LogP contribution in [-0.2, 0) is 11.2 Å². The summed E-state index contributed by atoms with van der Waals surface area (Å²) < 4.78 is 45.1. The second-order valence-electron chi connectivity index (χ2n) is 5.87. The molecule has 24 heavy (non-hydrogen) atoms. The predicted molar refractivity (Wildman–Crippen MR) is 81.5 cm³/mol. The first-order valence-corrected chi connectivity index (χ1v) is 7.71. The van der Waals surface area contributed by atoms with Crippen LogP contribution in [0.5, 0.6) is 0 Å². The number of ether oxygens (including phenoxy) is 1. The fourth-order valence-electron chi connectivity index (χ4n) is 2.54. The van der Waals surface area contributed by atoms with E-state index in [1.807, 2.05) is 0 Å². The van der Waals surface area contributed by atoms with E-state index < -0.39 is 24.4 Å². The van der Waals surface area contributed by atoms with Crippen molar-refractivity contribution in [3.05, 3.63) is 35.9 Å². The number of morpholine rings is 1. The molecule has 2 rings (SSSR count). The van der Waals surface area contributed by atoms with Gasteiger partial charge < -0.3 is 20.1 Å². The Labute approximate surface area is 138 Å². The molecule has 1 aromatic carbocycles. The highest BCUT2D eigenvalue weighted by Gasteiger charge is 2.42. The van der Waals surface area contributed by atoms with Crippen LogP contribution >= 0.6 is 0 Å². The number of hydrogen-bond donors (Lipinski definition) is 2. The van der Waals surface area contributed by atoms with Crippen molar-refractivity contribution in [3.8, 4) is 0 Å². The molecule has 0 radical (unpaired) electrons. The Morgan fingerprint density at radius 2 is 2.08 bits per heavy atom. The molecular formula is C16H21F3N2O3. The average molecular weight is 346 g/mol. The van der Waals surface area contributed by atoms with Gasteiger partial charge in [0.05, 0.1) is 31.9 Å². The lowest BCUT2D eigenvalue weighted by Crippen LogP contribution is -2.58. The molecule has 0 saturated carbocycles. The number of carbonyl (C=O) groups is 1. The number of alkyl halides is 3. The number of hydrogen-bond acceptors (Lipinski definition) is 3. The number of benzene rings is 1. The van der Waals surface area contributed by atoms with Gasteiger partial charge in [0, 0.05) is 6.42 Å². The largest absolute Gasteiger partial charge is 0.408 e. The third-order valence-corrected chi connectivity index (χ3v) is 3.95. The summed E-state index contributed by atoms with van der Waals surface area (Å²) in [5.41, 5.74) is 0.489. The molecule has 0 bridgehead atoms. The molecule has 8 heteroatoms. The van der Waals surface area contributed by atoms with Crippen LogP contribution in [0.15, 0.2) is 30.3 Å². The maximum Gasteiger partial charge on any atom is 0.408 e. The summed E-state index contributed by atoms with van der Waals surface area (Å²) in [4.78, 5) is 13.6. The Hall–Kier alpha value is -1.80. The molecule has 0 unspecified atom stereocenters. The molecule has 3 atom stereocenters. The highest BCUT2D eigenvalue weighted by atomic mass is 19.4. The van der Waals surface area contributed by atoms with Gasteiger partial charge in [-0.25, -0.2) is 4.79 Å². The molecule has 5 nitrogen and oxygen atoms in total. The first-order chi connectivity index (χ1) is 11.3. The first-order valence-electron chi connectivity index (χ1n) is 7.71. The van der Waals surface area contributed by atoms with Crippen LogP contribution in [0.4, 0.5) is 18.0 Å². The Kier molecular flexibility index (Phi) is 6.06. The zero-order valence-corrected chi connectivity index (χ0v) is 13.3. The van der Waals surface area contributed by atoms with Crippen LogP contribution in [0.2, 0.25) is 0 Å². The van der Waals surface area contributed by atoms with Crippen molar-refractivity contribution >= 4 is 6.03 Å². The number of nitrogens with one attached hydrogen (secondary N) is 1. The van der Waals surface area contributed by atoms with Gasteiger partial charge in [-0.05, 0) is 12.5 Å². The molecule has 1 aliphatic heterocycles. The van der Waals surface area contributed by atoms with E-state index in [1.54, 1.807) is 37.3 Å². The number of aliphatic hydroxyl groups is 1. The van der Waals surface area contributed by atoms with Crippen molar-refractivity contribution in [2.24, 2.45) is 0 Å². The summed E-state index contributed by atoms with van der Waals surface area (Å²) >= 11 is 0. The molecule has 2 amide bonds. The SMILES string of the molecule is C[C@@H]1CO[C@@H](CO)CN1C(=O)N[C@@H](Cc1ccccc1)C(F)(F)F. The average Bonchev–Trinajstić information content (AvgIpc) is 2.54. The molecule has 1 heterocycles. The van der Waals surface area contributed by atoms with E-state index in [0.717, 1.165) is 0 Å². The van der Waals surface area contributed by atoms with Gasteiger partial charge in [0.1, 0.15) is 6.04 Å². The predicted octanol–water partition coefficient (Wildman–Crippen LogP) is 1.95. The highest BCUT2D eigenvalue weighted by molar-refractivity contribution is 5.75. The van der Waals surface area contributed by atoms with Crippen molar-refractivity contribution in [2.75, 3.05) is 19.8 Å². The molecule has 0 aliphatic carbocycles. The highest BCUT2D eigenvalue weighted by Crippen LogP contribution is 2.24. The standard InChI is InChI=1S/C16H21F3N2O3/c1-11-10-24-13(9-22)8-21(11)15(23)20-14(16(17,18)19)7-12-5-3-2-4-6-12/h2-6,11,13-14,22H,7-10H2,1H3,(H,20,23)/t11-,13-,14+/m1/s1. The van der Waals surface area contributed by atoms with Gasteiger partial charge >= 0.3 is 12.2 Å². The molecule has 134 valence electrons. The Balaban J connectivity index is 2.06. The van der Waals surface area contributed by atoms with E-state index in [4.69, 9.17) is 9.84 Å². The number of urea groups is 1. The molecule has 1 saturated heterocycles. The third-order valence-electron chi connectivity index (χ3n) is 3.95. The fourth-order valence-corrected chi connectivity index (χ4v) is 2.54. The topological polar surface area (TPSA) is 61.8 Å². The van der Waals surface area contributed by atoms with Crippen LogP contribution in [0.3, 0.4) is 0 Å². The number of nitrogens with zero attached hydrogens (tertiary/aromatic N) is 1. The lowest BCUT2D eigenvalue weighted by molar-refractivity contribution is -0.154. The van der Waals surface area contributed by atoms with Crippen LogP contribution in [0.1, 0.15) is 12.5 Å². The van der Waals surface area contributed by atoms with Crippen LogP contribution in [0, 0.1) is 0 Å². The second kappa shape index (κ2) is 7.85. The van der Waals surface area contributed by atoms with Crippen molar-refractivity contribution < 1.29 is 27.8 Å². The second-order valence-corrected chi connectivity index (χ2v) is 5.87. The lowest BCUT2D eigenvalue weighted by Gasteiger charge is -2.38. The third kappa shape index (κ3) is 4.85. The number of halogens is 3. The maximum absolute atomic E-state index is 13.3. The van der Waals surface area contributed by atoms with E-state index in [2.05, 4.69) is 5.32 Å². The number of rotatable bonds is 4. The first kappa shape index (κ1) is 18.5. The molecule has 1 aliphatic rings. The minimum Gasteiger partial charge on any atom is -0.394 e. The van der Waals surface area contributed by atoms with Crippen LogP contribution in [-0.4, -0.2) is 60.2 Å². The molecule has 2 N–H and O–H groups in total. The summed E-state index contributed by atoms with van der Waals surface area (Å²) in [6, 6.07) is 5.06. The van der Waals surface area contributed by atoms with Gasteiger partial charge in [0.25, 0.3) is 0 Å². The quantitative estimate of drug-likeness (QED) is 0.876. The van der Waals surface area contributed by atoms with Crippen LogP contribution < -0.4 is 5.32 Å². The zero-order chi connectivity index (χ0) is 17.7. The van der Waals surface area contributed by atoms with Gasteiger partial charge in [-0.15, -0.1) is 0 Å². The van der Waals surface area contributed by atoms with E-state index in [9.17, 15) is 18.0 Å². The van der Waals surface area contributed by atoms with Gasteiger partial charge in [0.15, 0.2) is 0 Å². The summed E-state index contributed by atoms with van der Waals surface area (Å²) in [6.07, 6.45) is -5.47. The molecule has 0 aromatic heterocycles. The van der Waals surface area contributed by atoms with E-state index >= 15 is 0 Å². The van der Waals surface area contributed by atoms with Crippen LogP contribution in [0.25, 0.3) is 0 Å². The van der Waals surface area contributed by atoms with Gasteiger partial charge in [-0.3, -0.25) is 0 Å². The lowest BCUT2D eigenvalue weighted by atomic mass is 10.1. The summed E-state index contributed by atoms with van der Waals surface area (Å²) in [7, 11) is 0. The monoisotopic (exact) mass is 346 g/mol. The normalized spacial score (nSPS) is 23.0. The number of amides is 2. The molecule has 0 spiro atoms. The number of aliphatic hydroxyl groups excluding tert-OH is 1. The van der Waals surface area contributed by atoms with Crippen molar-refractivity contribution in [2.45, 2.75) is 37.7 Å². The van der Waals surface area contributed by atoms with Gasteiger partial charge in [-0.2, -0.15) is 13.2 Å². The Morgan fingerprint density at radius 1 is 1.42 bits per heavy atom. The minimum absolute atomic E-state index is 0.0550.